The third kappa shape index (κ3) is 3.90. The van der Waals surface area contributed by atoms with E-state index in [9.17, 15) is 8.78 Å². The van der Waals surface area contributed by atoms with Crippen molar-refractivity contribution in [2.75, 3.05) is 23.9 Å². The van der Waals surface area contributed by atoms with Gasteiger partial charge in [-0.1, -0.05) is 0 Å². The van der Waals surface area contributed by atoms with E-state index in [-0.39, 0.29) is 11.3 Å². The average Bonchev–Trinajstić information content (AvgIpc) is 2.34. The lowest BCUT2D eigenvalue weighted by atomic mass is 10.2. The first-order valence-corrected chi connectivity index (χ1v) is 6.71. The van der Waals surface area contributed by atoms with Crippen molar-refractivity contribution in [2.45, 2.75) is 12.8 Å². The largest absolute Gasteiger partial charge is 0.383 e. The maximum atomic E-state index is 13.4. The molecule has 0 saturated heterocycles. The Balaban J connectivity index is 2.55. The number of unbranched alkanes of at least 4 members (excludes halogenated alkanes) is 1. The smallest absolute Gasteiger partial charge is 0.183 e. The molecule has 1 aromatic rings. The van der Waals surface area contributed by atoms with Gasteiger partial charge in [-0.15, -0.1) is 0 Å². The number of nitrogens with one attached hydrogen (secondary N) is 1. The van der Waals surface area contributed by atoms with Gasteiger partial charge in [0.05, 0.1) is 11.3 Å². The summed E-state index contributed by atoms with van der Waals surface area (Å²) in [6, 6.07) is 4.28. The Labute approximate surface area is 104 Å². The van der Waals surface area contributed by atoms with Crippen LogP contribution in [0.25, 0.3) is 0 Å². The Kier molecular flexibility index (Phi) is 5.78. The number of nitriles is 1. The number of benzene rings is 1. The third-order valence-corrected chi connectivity index (χ3v) is 2.99. The molecule has 1 aromatic carbocycles. The maximum Gasteiger partial charge on any atom is 0.183 e. The number of nitrogens with zero attached hydrogens (tertiary/aromatic N) is 1. The van der Waals surface area contributed by atoms with E-state index in [1.807, 2.05) is 6.26 Å². The molecule has 0 radical (unpaired) electrons. The van der Waals surface area contributed by atoms with Gasteiger partial charge in [0.2, 0.25) is 0 Å². The predicted molar refractivity (Wildman–Crippen MR) is 67.2 cm³/mol. The zero-order valence-electron chi connectivity index (χ0n) is 9.59. The minimum Gasteiger partial charge on any atom is -0.383 e. The summed E-state index contributed by atoms with van der Waals surface area (Å²) in [5, 5.41) is 11.4. The number of halogens is 2. The molecule has 0 aromatic heterocycles. The Morgan fingerprint density at radius 2 is 2.06 bits per heavy atom. The van der Waals surface area contributed by atoms with Crippen molar-refractivity contribution in [3.8, 4) is 6.07 Å². The topological polar surface area (TPSA) is 35.8 Å². The standard InChI is InChI=1S/C12H14F2N2S/c1-17-7-3-2-6-16-10-5-4-9(8-15)11(13)12(10)14/h4-5,16H,2-3,6-7H2,1H3. The van der Waals surface area contributed by atoms with Crippen LogP contribution in [0.15, 0.2) is 12.1 Å². The summed E-state index contributed by atoms with van der Waals surface area (Å²) in [4.78, 5) is 0. The summed E-state index contributed by atoms with van der Waals surface area (Å²) < 4.78 is 26.7. The van der Waals surface area contributed by atoms with Crippen LogP contribution in [0.2, 0.25) is 0 Å². The lowest BCUT2D eigenvalue weighted by molar-refractivity contribution is 0.508. The van der Waals surface area contributed by atoms with E-state index in [1.165, 1.54) is 12.1 Å². The van der Waals surface area contributed by atoms with Crippen LogP contribution in [0.4, 0.5) is 14.5 Å². The van der Waals surface area contributed by atoms with Crippen molar-refractivity contribution in [1.82, 2.24) is 0 Å². The first-order valence-electron chi connectivity index (χ1n) is 5.31. The van der Waals surface area contributed by atoms with Crippen LogP contribution in [0.3, 0.4) is 0 Å². The Morgan fingerprint density at radius 3 is 2.71 bits per heavy atom. The molecule has 0 bridgehead atoms. The van der Waals surface area contributed by atoms with E-state index in [0.29, 0.717) is 6.54 Å². The van der Waals surface area contributed by atoms with Crippen LogP contribution in [0.1, 0.15) is 18.4 Å². The van der Waals surface area contributed by atoms with Gasteiger partial charge in [-0.05, 0) is 37.0 Å². The van der Waals surface area contributed by atoms with Crippen LogP contribution in [-0.4, -0.2) is 18.6 Å². The second kappa shape index (κ2) is 7.13. The molecule has 0 atom stereocenters. The molecular weight excluding hydrogens is 242 g/mol. The number of anilines is 1. The summed E-state index contributed by atoms with van der Waals surface area (Å²) in [7, 11) is 0. The minimum atomic E-state index is -1.08. The molecule has 17 heavy (non-hydrogen) atoms. The lowest BCUT2D eigenvalue weighted by Crippen LogP contribution is -2.05. The van der Waals surface area contributed by atoms with Crippen molar-refractivity contribution < 1.29 is 8.78 Å². The number of hydrogen-bond donors (Lipinski definition) is 1. The summed E-state index contributed by atoms with van der Waals surface area (Å²) in [6.45, 7) is 0.600. The number of thioether (sulfide) groups is 1. The van der Waals surface area contributed by atoms with Gasteiger partial charge in [0.25, 0.3) is 0 Å². The molecule has 0 aliphatic carbocycles. The van der Waals surface area contributed by atoms with Crippen molar-refractivity contribution in [3.05, 3.63) is 29.3 Å². The number of rotatable bonds is 6. The third-order valence-electron chi connectivity index (χ3n) is 2.29. The summed E-state index contributed by atoms with van der Waals surface area (Å²) in [6.07, 6.45) is 3.97. The van der Waals surface area contributed by atoms with Gasteiger partial charge < -0.3 is 5.32 Å². The van der Waals surface area contributed by atoms with Crippen LogP contribution in [0, 0.1) is 23.0 Å². The molecule has 5 heteroatoms. The zero-order valence-corrected chi connectivity index (χ0v) is 10.4. The normalized spacial score (nSPS) is 10.0. The second-order valence-electron chi connectivity index (χ2n) is 3.53. The van der Waals surface area contributed by atoms with Crippen molar-refractivity contribution in [3.63, 3.8) is 0 Å². The van der Waals surface area contributed by atoms with Gasteiger partial charge in [-0.2, -0.15) is 17.0 Å². The van der Waals surface area contributed by atoms with Crippen LogP contribution >= 0.6 is 11.8 Å². The Morgan fingerprint density at radius 1 is 1.29 bits per heavy atom. The fourth-order valence-electron chi connectivity index (χ4n) is 1.37. The summed E-state index contributed by atoms with van der Waals surface area (Å²) in [5.41, 5.74) is -0.152. The van der Waals surface area contributed by atoms with Crippen LogP contribution in [0.5, 0.6) is 0 Å². The van der Waals surface area contributed by atoms with E-state index in [2.05, 4.69) is 5.32 Å². The Hall–Kier alpha value is -1.28. The van der Waals surface area contributed by atoms with Gasteiger partial charge in [-0.3, -0.25) is 0 Å². The zero-order chi connectivity index (χ0) is 12.7. The number of hydrogen-bond acceptors (Lipinski definition) is 3. The quantitative estimate of drug-likeness (QED) is 0.792. The first kappa shape index (κ1) is 13.8. The molecule has 0 fully saturated rings. The average molecular weight is 256 g/mol. The summed E-state index contributed by atoms with van der Waals surface area (Å²) >= 11 is 1.76. The van der Waals surface area contributed by atoms with Crippen LogP contribution in [-0.2, 0) is 0 Å². The Bertz CT molecular complexity index is 416. The molecule has 2 nitrogen and oxygen atoms in total. The van der Waals surface area contributed by atoms with E-state index >= 15 is 0 Å². The summed E-state index contributed by atoms with van der Waals surface area (Å²) in [5.74, 6) is -0.998. The monoisotopic (exact) mass is 256 g/mol. The van der Waals surface area contributed by atoms with Crippen molar-refractivity contribution in [2.24, 2.45) is 0 Å². The van der Waals surface area contributed by atoms with Crippen molar-refractivity contribution >= 4 is 17.4 Å². The van der Waals surface area contributed by atoms with Gasteiger partial charge in [-0.25, -0.2) is 8.78 Å². The second-order valence-corrected chi connectivity index (χ2v) is 4.51. The lowest BCUT2D eigenvalue weighted by Gasteiger charge is -2.08. The van der Waals surface area contributed by atoms with Crippen LogP contribution < -0.4 is 5.32 Å². The van der Waals surface area contributed by atoms with E-state index in [4.69, 9.17) is 5.26 Å². The molecule has 0 spiro atoms. The molecular formula is C12H14F2N2S. The van der Waals surface area contributed by atoms with Gasteiger partial charge in [0, 0.05) is 6.54 Å². The highest BCUT2D eigenvalue weighted by Crippen LogP contribution is 2.20. The molecule has 0 saturated carbocycles. The maximum absolute atomic E-state index is 13.4. The highest BCUT2D eigenvalue weighted by Gasteiger charge is 2.12. The molecule has 0 aliphatic rings. The highest BCUT2D eigenvalue weighted by molar-refractivity contribution is 7.98. The molecule has 1 rings (SSSR count). The fraction of sp³-hybridized carbons (Fsp3) is 0.417. The van der Waals surface area contributed by atoms with E-state index in [0.717, 1.165) is 18.6 Å². The predicted octanol–water partition coefficient (Wildman–Crippen LogP) is 3.39. The fourth-order valence-corrected chi connectivity index (χ4v) is 1.86. The van der Waals surface area contributed by atoms with Crippen molar-refractivity contribution in [1.29, 1.82) is 5.26 Å². The minimum absolute atomic E-state index is 0.116. The SMILES string of the molecule is CSCCCCNc1ccc(C#N)c(F)c1F. The molecule has 1 N–H and O–H groups in total. The molecule has 0 unspecified atom stereocenters. The van der Waals surface area contributed by atoms with Gasteiger partial charge in [0.1, 0.15) is 6.07 Å². The molecule has 0 amide bonds. The molecule has 92 valence electrons. The van der Waals surface area contributed by atoms with Gasteiger partial charge in [0.15, 0.2) is 11.6 Å². The van der Waals surface area contributed by atoms with Gasteiger partial charge >= 0.3 is 0 Å². The first-order chi connectivity index (χ1) is 8.20. The van der Waals surface area contributed by atoms with E-state index < -0.39 is 11.6 Å². The highest BCUT2D eigenvalue weighted by atomic mass is 32.2. The van der Waals surface area contributed by atoms with E-state index in [1.54, 1.807) is 17.8 Å². The molecule has 0 aliphatic heterocycles. The molecule has 0 heterocycles.